The predicted octanol–water partition coefficient (Wildman–Crippen LogP) is 2.80. The van der Waals surface area contributed by atoms with Crippen molar-refractivity contribution in [2.24, 2.45) is 5.92 Å². The minimum atomic E-state index is 0.830. The average Bonchev–Trinajstić information content (AvgIpc) is 2.72. The number of rotatable bonds is 4. The van der Waals surface area contributed by atoms with Gasteiger partial charge in [-0.3, -0.25) is 4.90 Å². The smallest absolute Gasteiger partial charge is 0.0233 e. The van der Waals surface area contributed by atoms with Crippen LogP contribution >= 0.6 is 15.9 Å². The van der Waals surface area contributed by atoms with Gasteiger partial charge in [0.05, 0.1) is 0 Å². The van der Waals surface area contributed by atoms with Crippen molar-refractivity contribution in [1.82, 2.24) is 10.2 Å². The molecule has 0 saturated carbocycles. The predicted molar refractivity (Wildman–Crippen MR) is 76.2 cm³/mol. The van der Waals surface area contributed by atoms with Gasteiger partial charge in [-0.15, -0.1) is 0 Å². The number of hydrogen-bond acceptors (Lipinski definition) is 2. The van der Waals surface area contributed by atoms with Crippen LogP contribution in [-0.4, -0.2) is 31.6 Å². The Kier molecular flexibility index (Phi) is 4.60. The first-order chi connectivity index (χ1) is 8.19. The standard InChI is InChI=1S/C14H21BrN2/c1-11-7-12(3-4-14(11)15)9-17-6-5-13(10-17)8-16-2/h3-4,7,13,16H,5-6,8-10H2,1-2H3. The van der Waals surface area contributed by atoms with Crippen LogP contribution in [0.4, 0.5) is 0 Å². The van der Waals surface area contributed by atoms with Crippen LogP contribution in [-0.2, 0) is 6.54 Å². The number of likely N-dealkylation sites (tertiary alicyclic amines) is 1. The van der Waals surface area contributed by atoms with Crippen LogP contribution < -0.4 is 5.32 Å². The summed E-state index contributed by atoms with van der Waals surface area (Å²) in [5, 5.41) is 3.28. The van der Waals surface area contributed by atoms with E-state index >= 15 is 0 Å². The van der Waals surface area contributed by atoms with Crippen LogP contribution in [0.25, 0.3) is 0 Å². The van der Waals surface area contributed by atoms with Gasteiger partial charge in [0.1, 0.15) is 0 Å². The Labute approximate surface area is 113 Å². The Morgan fingerprint density at radius 2 is 2.29 bits per heavy atom. The molecule has 1 aromatic carbocycles. The molecule has 1 saturated heterocycles. The van der Waals surface area contributed by atoms with Crippen molar-refractivity contribution in [1.29, 1.82) is 0 Å². The Morgan fingerprint density at radius 1 is 1.47 bits per heavy atom. The van der Waals surface area contributed by atoms with Crippen molar-refractivity contribution in [2.45, 2.75) is 19.9 Å². The molecule has 2 nitrogen and oxygen atoms in total. The van der Waals surface area contributed by atoms with Gasteiger partial charge in [-0.05, 0) is 56.6 Å². The largest absolute Gasteiger partial charge is 0.319 e. The number of halogens is 1. The van der Waals surface area contributed by atoms with Gasteiger partial charge in [0.15, 0.2) is 0 Å². The molecule has 0 bridgehead atoms. The van der Waals surface area contributed by atoms with Crippen molar-refractivity contribution in [3.05, 3.63) is 33.8 Å². The van der Waals surface area contributed by atoms with Crippen molar-refractivity contribution < 1.29 is 0 Å². The maximum Gasteiger partial charge on any atom is 0.0233 e. The fourth-order valence-electron chi connectivity index (χ4n) is 2.58. The Morgan fingerprint density at radius 3 is 3.00 bits per heavy atom. The Hall–Kier alpha value is -0.380. The second kappa shape index (κ2) is 5.98. The molecule has 94 valence electrons. The van der Waals surface area contributed by atoms with Crippen molar-refractivity contribution in [3.63, 3.8) is 0 Å². The minimum absolute atomic E-state index is 0.830. The highest BCUT2D eigenvalue weighted by atomic mass is 79.9. The molecular formula is C14H21BrN2. The fraction of sp³-hybridized carbons (Fsp3) is 0.571. The topological polar surface area (TPSA) is 15.3 Å². The van der Waals surface area contributed by atoms with Gasteiger partial charge in [0.2, 0.25) is 0 Å². The van der Waals surface area contributed by atoms with Crippen LogP contribution in [0.2, 0.25) is 0 Å². The molecule has 0 amide bonds. The minimum Gasteiger partial charge on any atom is -0.319 e. The first kappa shape index (κ1) is 13.1. The lowest BCUT2D eigenvalue weighted by atomic mass is 10.1. The third-order valence-corrected chi connectivity index (χ3v) is 4.38. The molecule has 1 aromatic rings. The monoisotopic (exact) mass is 296 g/mol. The molecule has 1 unspecified atom stereocenters. The third kappa shape index (κ3) is 3.54. The van der Waals surface area contributed by atoms with E-state index in [1.165, 1.54) is 35.1 Å². The number of benzene rings is 1. The second-order valence-corrected chi connectivity index (χ2v) is 5.89. The number of nitrogens with zero attached hydrogens (tertiary/aromatic N) is 1. The summed E-state index contributed by atoms with van der Waals surface area (Å²) in [4.78, 5) is 2.56. The summed E-state index contributed by atoms with van der Waals surface area (Å²) in [5.41, 5.74) is 2.75. The van der Waals surface area contributed by atoms with E-state index in [4.69, 9.17) is 0 Å². The van der Waals surface area contributed by atoms with Crippen molar-refractivity contribution >= 4 is 15.9 Å². The van der Waals surface area contributed by atoms with E-state index in [-0.39, 0.29) is 0 Å². The molecule has 2 rings (SSSR count). The molecule has 0 spiro atoms. The van der Waals surface area contributed by atoms with E-state index in [1.807, 2.05) is 7.05 Å². The van der Waals surface area contributed by atoms with Gasteiger partial charge in [-0.1, -0.05) is 28.1 Å². The molecular weight excluding hydrogens is 276 g/mol. The van der Waals surface area contributed by atoms with Gasteiger partial charge in [0.25, 0.3) is 0 Å². The maximum atomic E-state index is 3.55. The SMILES string of the molecule is CNCC1CCN(Cc2ccc(Br)c(C)c2)C1. The first-order valence-electron chi connectivity index (χ1n) is 6.31. The molecule has 3 heteroatoms. The molecule has 1 fully saturated rings. The molecule has 17 heavy (non-hydrogen) atoms. The molecule has 1 aliphatic rings. The van der Waals surface area contributed by atoms with Crippen LogP contribution in [0, 0.1) is 12.8 Å². The normalized spacial score (nSPS) is 21.0. The Bertz CT molecular complexity index is 378. The van der Waals surface area contributed by atoms with E-state index in [0.717, 1.165) is 19.0 Å². The van der Waals surface area contributed by atoms with E-state index in [0.29, 0.717) is 0 Å². The summed E-state index contributed by atoms with van der Waals surface area (Å²) >= 11 is 3.55. The molecule has 0 aliphatic carbocycles. The lowest BCUT2D eigenvalue weighted by Crippen LogP contribution is -2.24. The highest BCUT2D eigenvalue weighted by molar-refractivity contribution is 9.10. The van der Waals surface area contributed by atoms with Crippen molar-refractivity contribution in [3.8, 4) is 0 Å². The molecule has 1 heterocycles. The van der Waals surface area contributed by atoms with Gasteiger partial charge in [0, 0.05) is 17.6 Å². The summed E-state index contributed by atoms with van der Waals surface area (Å²) in [6, 6.07) is 6.67. The first-order valence-corrected chi connectivity index (χ1v) is 7.10. The van der Waals surface area contributed by atoms with E-state index in [9.17, 15) is 0 Å². The van der Waals surface area contributed by atoms with Crippen LogP contribution in [0.3, 0.4) is 0 Å². The summed E-state index contributed by atoms with van der Waals surface area (Å²) < 4.78 is 1.20. The average molecular weight is 297 g/mol. The lowest BCUT2D eigenvalue weighted by Gasteiger charge is -2.16. The van der Waals surface area contributed by atoms with Crippen LogP contribution in [0.1, 0.15) is 17.5 Å². The third-order valence-electron chi connectivity index (χ3n) is 3.49. The van der Waals surface area contributed by atoms with Crippen molar-refractivity contribution in [2.75, 3.05) is 26.7 Å². The van der Waals surface area contributed by atoms with Crippen LogP contribution in [0.5, 0.6) is 0 Å². The maximum absolute atomic E-state index is 3.55. The van der Waals surface area contributed by atoms with Gasteiger partial charge < -0.3 is 5.32 Å². The van der Waals surface area contributed by atoms with E-state index in [2.05, 4.69) is 51.3 Å². The second-order valence-electron chi connectivity index (χ2n) is 5.03. The molecule has 0 aromatic heterocycles. The summed E-state index contributed by atoms with van der Waals surface area (Å²) in [6.07, 6.45) is 1.33. The zero-order valence-electron chi connectivity index (χ0n) is 10.7. The van der Waals surface area contributed by atoms with Gasteiger partial charge >= 0.3 is 0 Å². The fourth-order valence-corrected chi connectivity index (χ4v) is 2.82. The summed E-state index contributed by atoms with van der Waals surface area (Å²) in [7, 11) is 2.04. The lowest BCUT2D eigenvalue weighted by molar-refractivity contribution is 0.315. The number of nitrogens with one attached hydrogen (secondary N) is 1. The zero-order valence-corrected chi connectivity index (χ0v) is 12.3. The zero-order chi connectivity index (χ0) is 12.3. The van der Waals surface area contributed by atoms with Crippen LogP contribution in [0.15, 0.2) is 22.7 Å². The summed E-state index contributed by atoms with van der Waals surface area (Å²) in [5.74, 6) is 0.830. The molecule has 1 atom stereocenters. The number of hydrogen-bond donors (Lipinski definition) is 1. The highest BCUT2D eigenvalue weighted by Crippen LogP contribution is 2.21. The van der Waals surface area contributed by atoms with E-state index in [1.54, 1.807) is 0 Å². The highest BCUT2D eigenvalue weighted by Gasteiger charge is 2.21. The molecule has 0 radical (unpaired) electrons. The molecule has 1 aliphatic heterocycles. The Balaban J connectivity index is 1.91. The van der Waals surface area contributed by atoms with Gasteiger partial charge in [-0.2, -0.15) is 0 Å². The van der Waals surface area contributed by atoms with E-state index < -0.39 is 0 Å². The number of aryl methyl sites for hydroxylation is 1. The quantitative estimate of drug-likeness (QED) is 0.919. The van der Waals surface area contributed by atoms with Gasteiger partial charge in [-0.25, -0.2) is 0 Å². The summed E-state index contributed by atoms with van der Waals surface area (Å²) in [6.45, 7) is 6.86. The molecule has 1 N–H and O–H groups in total.